The zero-order valence-corrected chi connectivity index (χ0v) is 19.2. The third-order valence-corrected chi connectivity index (χ3v) is 7.27. The van der Waals surface area contributed by atoms with Crippen molar-refractivity contribution in [2.75, 3.05) is 38.3 Å². The Balaban J connectivity index is 1.25. The van der Waals surface area contributed by atoms with Gasteiger partial charge in [0.1, 0.15) is 11.6 Å². The Morgan fingerprint density at radius 1 is 1.03 bits per heavy atom. The summed E-state index contributed by atoms with van der Waals surface area (Å²) in [5.41, 5.74) is 5.34. The number of aromatic amines is 1. The van der Waals surface area contributed by atoms with Gasteiger partial charge in [-0.25, -0.2) is 4.98 Å². The molecule has 0 bridgehead atoms. The van der Waals surface area contributed by atoms with Crippen LogP contribution in [-0.4, -0.2) is 48.4 Å². The first-order valence-electron chi connectivity index (χ1n) is 11.2. The summed E-state index contributed by atoms with van der Waals surface area (Å²) in [5, 5.41) is 1.75. The minimum Gasteiger partial charge on any atom is -0.495 e. The molecule has 1 aromatic carbocycles. The van der Waals surface area contributed by atoms with Crippen molar-refractivity contribution in [2.45, 2.75) is 12.8 Å². The van der Waals surface area contributed by atoms with E-state index in [2.05, 4.69) is 39.1 Å². The van der Waals surface area contributed by atoms with Gasteiger partial charge in [0.2, 0.25) is 0 Å². The molecule has 168 valence electrons. The molecular formula is C26H25ClN4O2. The molecule has 0 aliphatic carbocycles. The number of hydrogen-bond donors (Lipinski definition) is 1. The molecule has 0 saturated carbocycles. The molecule has 2 saturated heterocycles. The van der Waals surface area contributed by atoms with E-state index in [1.54, 1.807) is 19.5 Å². The summed E-state index contributed by atoms with van der Waals surface area (Å²) < 4.78 is 10.8. The maximum Gasteiger partial charge on any atom is 0.137 e. The average molecular weight is 461 g/mol. The fraction of sp³-hybridized carbons (Fsp3) is 0.308. The second kappa shape index (κ2) is 8.04. The van der Waals surface area contributed by atoms with Gasteiger partial charge in [0.05, 0.1) is 18.3 Å². The standard InChI is InChI=1S/C26H25ClN4O2/c1-32-20-8-19(12-28-14-20)21-9-18-10-23(30-24(18)11-22(21)27)17-2-3-25(29-13-17)31-15-26(16-31)4-6-33-7-5-26/h2-3,8-14,30H,4-7,15-16H2,1H3. The Kier molecular flexibility index (Phi) is 5.00. The van der Waals surface area contributed by atoms with Gasteiger partial charge in [-0.05, 0) is 49.2 Å². The molecule has 7 heteroatoms. The molecule has 2 fully saturated rings. The maximum atomic E-state index is 6.61. The first kappa shape index (κ1) is 20.5. The molecule has 6 rings (SSSR count). The van der Waals surface area contributed by atoms with Crippen molar-refractivity contribution in [3.05, 3.63) is 60.0 Å². The van der Waals surface area contributed by atoms with Crippen LogP contribution in [0, 0.1) is 5.41 Å². The zero-order chi connectivity index (χ0) is 22.4. The Labute approximate surface area is 197 Å². The molecule has 33 heavy (non-hydrogen) atoms. The van der Waals surface area contributed by atoms with Gasteiger partial charge in [-0.2, -0.15) is 0 Å². The van der Waals surface area contributed by atoms with Gasteiger partial charge in [0.25, 0.3) is 0 Å². The molecule has 2 aliphatic heterocycles. The number of halogens is 1. The SMILES string of the molecule is COc1cncc(-c2cc3cc(-c4ccc(N5CC6(CCOCC6)C5)nc4)[nH]c3cc2Cl)c1. The lowest BCUT2D eigenvalue weighted by Gasteiger charge is -2.52. The Hall–Kier alpha value is -3.09. The second-order valence-electron chi connectivity index (χ2n) is 9.09. The van der Waals surface area contributed by atoms with Crippen LogP contribution >= 0.6 is 11.6 Å². The normalized spacial score (nSPS) is 17.3. The van der Waals surface area contributed by atoms with E-state index in [1.165, 1.54) is 0 Å². The van der Waals surface area contributed by atoms with E-state index >= 15 is 0 Å². The zero-order valence-electron chi connectivity index (χ0n) is 18.5. The first-order chi connectivity index (χ1) is 16.1. The number of fused-ring (bicyclic) bond motifs is 1. The lowest BCUT2D eigenvalue weighted by Crippen LogP contribution is -2.58. The van der Waals surface area contributed by atoms with E-state index in [-0.39, 0.29) is 0 Å². The molecule has 2 aliphatic rings. The largest absolute Gasteiger partial charge is 0.495 e. The Bertz CT molecular complexity index is 1300. The number of aromatic nitrogens is 3. The van der Waals surface area contributed by atoms with Crippen LogP contribution < -0.4 is 9.64 Å². The smallest absolute Gasteiger partial charge is 0.137 e. The lowest BCUT2D eigenvalue weighted by molar-refractivity contribution is -0.000451. The summed E-state index contributed by atoms with van der Waals surface area (Å²) in [4.78, 5) is 14.9. The number of nitrogens with one attached hydrogen (secondary N) is 1. The van der Waals surface area contributed by atoms with Crippen LogP contribution in [0.5, 0.6) is 5.75 Å². The number of H-pyrrole nitrogens is 1. The number of methoxy groups -OCH3 is 1. The van der Waals surface area contributed by atoms with E-state index in [0.717, 1.165) is 78.2 Å². The molecule has 1 spiro atoms. The molecule has 1 N–H and O–H groups in total. The number of hydrogen-bond acceptors (Lipinski definition) is 5. The van der Waals surface area contributed by atoms with E-state index in [0.29, 0.717) is 16.2 Å². The van der Waals surface area contributed by atoms with Crippen LogP contribution in [0.15, 0.2) is 55.0 Å². The van der Waals surface area contributed by atoms with Crippen molar-refractivity contribution in [3.63, 3.8) is 0 Å². The van der Waals surface area contributed by atoms with Crippen LogP contribution in [0.2, 0.25) is 5.02 Å². The van der Waals surface area contributed by atoms with Gasteiger partial charge >= 0.3 is 0 Å². The van der Waals surface area contributed by atoms with Gasteiger partial charge in [-0.15, -0.1) is 0 Å². The summed E-state index contributed by atoms with van der Waals surface area (Å²) in [6.07, 6.45) is 7.75. The number of anilines is 1. The predicted molar refractivity (Wildman–Crippen MR) is 131 cm³/mol. The van der Waals surface area contributed by atoms with Crippen molar-refractivity contribution in [3.8, 4) is 28.1 Å². The number of pyridine rings is 2. The highest BCUT2D eigenvalue weighted by Gasteiger charge is 2.44. The van der Waals surface area contributed by atoms with E-state index in [4.69, 9.17) is 26.1 Å². The summed E-state index contributed by atoms with van der Waals surface area (Å²) in [7, 11) is 1.63. The molecule has 3 aromatic heterocycles. The second-order valence-corrected chi connectivity index (χ2v) is 9.50. The lowest BCUT2D eigenvalue weighted by atomic mass is 9.73. The highest BCUT2D eigenvalue weighted by molar-refractivity contribution is 6.34. The van der Waals surface area contributed by atoms with Crippen LogP contribution in [0.25, 0.3) is 33.3 Å². The van der Waals surface area contributed by atoms with Crippen molar-refractivity contribution < 1.29 is 9.47 Å². The minimum absolute atomic E-state index is 0.436. The Morgan fingerprint density at radius 3 is 2.64 bits per heavy atom. The number of ether oxygens (including phenoxy) is 2. The van der Waals surface area contributed by atoms with E-state index in [1.807, 2.05) is 18.3 Å². The summed E-state index contributed by atoms with van der Waals surface area (Å²) in [5.74, 6) is 1.75. The van der Waals surface area contributed by atoms with Crippen molar-refractivity contribution >= 4 is 28.3 Å². The van der Waals surface area contributed by atoms with Gasteiger partial charge in [0.15, 0.2) is 0 Å². The van der Waals surface area contributed by atoms with Crippen molar-refractivity contribution in [1.82, 2.24) is 15.0 Å². The van der Waals surface area contributed by atoms with Crippen LogP contribution in [0.1, 0.15) is 12.8 Å². The first-order valence-corrected chi connectivity index (χ1v) is 11.6. The number of rotatable bonds is 4. The topological polar surface area (TPSA) is 63.3 Å². The van der Waals surface area contributed by atoms with Crippen molar-refractivity contribution in [1.29, 1.82) is 0 Å². The predicted octanol–water partition coefficient (Wildman–Crippen LogP) is 5.57. The van der Waals surface area contributed by atoms with E-state index in [9.17, 15) is 0 Å². The highest BCUT2D eigenvalue weighted by Crippen LogP contribution is 2.42. The molecule has 0 atom stereocenters. The average Bonchev–Trinajstić information content (AvgIpc) is 3.25. The van der Waals surface area contributed by atoms with Crippen molar-refractivity contribution in [2.24, 2.45) is 5.41 Å². The third-order valence-electron chi connectivity index (χ3n) is 6.96. The highest BCUT2D eigenvalue weighted by atomic mass is 35.5. The number of benzene rings is 1. The molecule has 0 unspecified atom stereocenters. The molecule has 4 aromatic rings. The monoisotopic (exact) mass is 460 g/mol. The van der Waals surface area contributed by atoms with Gasteiger partial charge in [-0.1, -0.05) is 11.6 Å². The van der Waals surface area contributed by atoms with Gasteiger partial charge in [-0.3, -0.25) is 4.98 Å². The van der Waals surface area contributed by atoms with Crippen LogP contribution in [0.4, 0.5) is 5.82 Å². The van der Waals surface area contributed by atoms with Gasteiger partial charge < -0.3 is 19.4 Å². The Morgan fingerprint density at radius 2 is 1.88 bits per heavy atom. The summed E-state index contributed by atoms with van der Waals surface area (Å²) in [6, 6.07) is 12.4. The number of nitrogens with zero attached hydrogens (tertiary/aromatic N) is 3. The summed E-state index contributed by atoms with van der Waals surface area (Å²) in [6.45, 7) is 3.94. The summed E-state index contributed by atoms with van der Waals surface area (Å²) >= 11 is 6.61. The van der Waals surface area contributed by atoms with E-state index < -0.39 is 0 Å². The molecule has 0 amide bonds. The maximum absolute atomic E-state index is 6.61. The molecular weight excluding hydrogens is 436 g/mol. The van der Waals surface area contributed by atoms with Crippen LogP contribution in [0.3, 0.4) is 0 Å². The fourth-order valence-electron chi connectivity index (χ4n) is 4.99. The fourth-order valence-corrected chi connectivity index (χ4v) is 5.26. The van der Waals surface area contributed by atoms with Crippen LogP contribution in [-0.2, 0) is 4.74 Å². The third kappa shape index (κ3) is 3.73. The molecule has 0 radical (unpaired) electrons. The van der Waals surface area contributed by atoms with Gasteiger partial charge in [0, 0.05) is 77.4 Å². The quantitative estimate of drug-likeness (QED) is 0.431. The molecule has 5 heterocycles. The minimum atomic E-state index is 0.436. The molecule has 6 nitrogen and oxygen atoms in total.